The number of anilines is 5. The topological polar surface area (TPSA) is 88.8 Å². The minimum Gasteiger partial charge on any atom is -0.393 e. The maximum absolute atomic E-state index is 6.17. The SMILES string of the molecule is Cc1ccnc(Nc2ncnc(Nc3cccc(Br)c3)c2N)c1. The number of nitrogen functional groups attached to an aromatic ring is 1. The van der Waals surface area contributed by atoms with E-state index in [0.29, 0.717) is 23.1 Å². The number of hydrogen-bond acceptors (Lipinski definition) is 6. The summed E-state index contributed by atoms with van der Waals surface area (Å²) in [7, 11) is 0. The molecule has 3 rings (SSSR count). The molecule has 23 heavy (non-hydrogen) atoms. The lowest BCUT2D eigenvalue weighted by Crippen LogP contribution is -2.05. The summed E-state index contributed by atoms with van der Waals surface area (Å²) in [4.78, 5) is 12.6. The number of rotatable bonds is 4. The zero-order chi connectivity index (χ0) is 16.2. The number of nitrogens with one attached hydrogen (secondary N) is 2. The van der Waals surface area contributed by atoms with E-state index in [4.69, 9.17) is 5.73 Å². The van der Waals surface area contributed by atoms with E-state index >= 15 is 0 Å². The standard InChI is InChI=1S/C16H15BrN6/c1-10-5-6-19-13(7-10)23-16-14(18)15(20-9-21-16)22-12-4-2-3-11(17)8-12/h2-9H,18H2,1H3,(H2,19,20,21,22,23). The first-order valence-corrected chi connectivity index (χ1v) is 7.74. The van der Waals surface area contributed by atoms with Crippen molar-refractivity contribution in [2.45, 2.75) is 6.92 Å². The van der Waals surface area contributed by atoms with Gasteiger partial charge in [0, 0.05) is 16.4 Å². The fourth-order valence-corrected chi connectivity index (χ4v) is 2.42. The number of aromatic nitrogens is 3. The molecule has 0 aliphatic carbocycles. The Morgan fingerprint density at radius 3 is 2.52 bits per heavy atom. The second-order valence-corrected chi connectivity index (χ2v) is 5.88. The van der Waals surface area contributed by atoms with Crippen molar-refractivity contribution in [2.24, 2.45) is 0 Å². The molecule has 116 valence electrons. The average Bonchev–Trinajstić information content (AvgIpc) is 2.51. The Hall–Kier alpha value is -2.67. The molecule has 0 atom stereocenters. The minimum atomic E-state index is 0.427. The van der Waals surface area contributed by atoms with Crippen LogP contribution in [0, 0.1) is 6.92 Å². The van der Waals surface area contributed by atoms with Crippen LogP contribution >= 0.6 is 15.9 Å². The highest BCUT2D eigenvalue weighted by atomic mass is 79.9. The summed E-state index contributed by atoms with van der Waals surface area (Å²) in [6.45, 7) is 2.00. The Morgan fingerprint density at radius 2 is 1.78 bits per heavy atom. The van der Waals surface area contributed by atoms with Crippen LogP contribution in [0.3, 0.4) is 0 Å². The second kappa shape index (κ2) is 6.62. The fraction of sp³-hybridized carbons (Fsp3) is 0.0625. The first-order chi connectivity index (χ1) is 11.1. The third-order valence-corrected chi connectivity index (χ3v) is 3.63. The highest BCUT2D eigenvalue weighted by Gasteiger charge is 2.09. The van der Waals surface area contributed by atoms with Gasteiger partial charge in [-0.3, -0.25) is 0 Å². The van der Waals surface area contributed by atoms with Gasteiger partial charge in [-0.15, -0.1) is 0 Å². The van der Waals surface area contributed by atoms with Gasteiger partial charge in [0.25, 0.3) is 0 Å². The van der Waals surface area contributed by atoms with Crippen molar-refractivity contribution in [1.82, 2.24) is 15.0 Å². The van der Waals surface area contributed by atoms with E-state index in [1.54, 1.807) is 6.20 Å². The van der Waals surface area contributed by atoms with Gasteiger partial charge in [-0.05, 0) is 42.8 Å². The molecule has 0 fully saturated rings. The Kier molecular flexibility index (Phi) is 4.38. The van der Waals surface area contributed by atoms with E-state index in [2.05, 4.69) is 41.5 Å². The quantitative estimate of drug-likeness (QED) is 0.642. The van der Waals surface area contributed by atoms with E-state index < -0.39 is 0 Å². The number of aryl methyl sites for hydroxylation is 1. The predicted molar refractivity (Wildman–Crippen MR) is 96.1 cm³/mol. The molecule has 7 heteroatoms. The molecule has 0 saturated heterocycles. The highest BCUT2D eigenvalue weighted by Crippen LogP contribution is 2.28. The van der Waals surface area contributed by atoms with E-state index in [1.807, 2.05) is 43.3 Å². The predicted octanol–water partition coefficient (Wildman–Crippen LogP) is 4.01. The van der Waals surface area contributed by atoms with Crippen LogP contribution in [0.1, 0.15) is 5.56 Å². The Balaban J connectivity index is 1.86. The van der Waals surface area contributed by atoms with Crippen LogP contribution in [-0.2, 0) is 0 Å². The lowest BCUT2D eigenvalue weighted by molar-refractivity contribution is 1.16. The fourth-order valence-electron chi connectivity index (χ4n) is 2.02. The normalized spacial score (nSPS) is 10.3. The average molecular weight is 371 g/mol. The second-order valence-electron chi connectivity index (χ2n) is 4.96. The molecule has 4 N–H and O–H groups in total. The van der Waals surface area contributed by atoms with E-state index in [-0.39, 0.29) is 0 Å². The number of halogens is 1. The van der Waals surface area contributed by atoms with Gasteiger partial charge in [-0.2, -0.15) is 0 Å². The smallest absolute Gasteiger partial charge is 0.160 e. The molecule has 0 aliphatic heterocycles. The van der Waals surface area contributed by atoms with Crippen molar-refractivity contribution < 1.29 is 0 Å². The molecule has 0 saturated carbocycles. The maximum atomic E-state index is 6.17. The summed E-state index contributed by atoms with van der Waals surface area (Å²) in [5.74, 6) is 1.73. The van der Waals surface area contributed by atoms with Gasteiger partial charge in [0.15, 0.2) is 11.6 Å². The third-order valence-electron chi connectivity index (χ3n) is 3.13. The van der Waals surface area contributed by atoms with Gasteiger partial charge in [0.1, 0.15) is 17.8 Å². The molecule has 2 aromatic heterocycles. The van der Waals surface area contributed by atoms with Gasteiger partial charge in [-0.1, -0.05) is 22.0 Å². The Labute approximate surface area is 142 Å². The monoisotopic (exact) mass is 370 g/mol. The molecule has 2 heterocycles. The number of benzene rings is 1. The lowest BCUT2D eigenvalue weighted by atomic mass is 10.3. The van der Waals surface area contributed by atoms with Gasteiger partial charge < -0.3 is 16.4 Å². The van der Waals surface area contributed by atoms with Crippen molar-refractivity contribution >= 4 is 44.8 Å². The van der Waals surface area contributed by atoms with Gasteiger partial charge in [0.2, 0.25) is 0 Å². The van der Waals surface area contributed by atoms with Gasteiger partial charge in [0.05, 0.1) is 0 Å². The summed E-state index contributed by atoms with van der Waals surface area (Å²) in [6.07, 6.45) is 3.19. The van der Waals surface area contributed by atoms with E-state index in [9.17, 15) is 0 Å². The first-order valence-electron chi connectivity index (χ1n) is 6.94. The van der Waals surface area contributed by atoms with Crippen LogP contribution in [0.4, 0.5) is 28.8 Å². The lowest BCUT2D eigenvalue weighted by Gasteiger charge is -2.12. The number of hydrogen-bond donors (Lipinski definition) is 3. The van der Waals surface area contributed by atoms with Crippen LogP contribution < -0.4 is 16.4 Å². The number of nitrogens with two attached hydrogens (primary N) is 1. The molecule has 0 spiro atoms. The Morgan fingerprint density at radius 1 is 1.00 bits per heavy atom. The molecule has 0 aliphatic rings. The van der Waals surface area contributed by atoms with Gasteiger partial charge in [-0.25, -0.2) is 15.0 Å². The molecular formula is C16H15BrN6. The molecule has 3 aromatic rings. The zero-order valence-corrected chi connectivity index (χ0v) is 14.0. The molecule has 6 nitrogen and oxygen atoms in total. The van der Waals surface area contributed by atoms with Gasteiger partial charge >= 0.3 is 0 Å². The minimum absolute atomic E-state index is 0.427. The summed E-state index contributed by atoms with van der Waals surface area (Å²) >= 11 is 3.43. The molecule has 0 amide bonds. The van der Waals surface area contributed by atoms with E-state index in [1.165, 1.54) is 6.33 Å². The molecule has 0 bridgehead atoms. The first kappa shape index (κ1) is 15.2. The summed E-state index contributed by atoms with van der Waals surface area (Å²) in [5.41, 5.74) is 8.57. The zero-order valence-electron chi connectivity index (χ0n) is 12.4. The highest BCUT2D eigenvalue weighted by molar-refractivity contribution is 9.10. The Bertz CT molecular complexity index is 771. The van der Waals surface area contributed by atoms with Crippen molar-refractivity contribution in [3.63, 3.8) is 0 Å². The van der Waals surface area contributed by atoms with Crippen molar-refractivity contribution in [2.75, 3.05) is 16.4 Å². The molecular weight excluding hydrogens is 356 g/mol. The molecule has 1 aromatic carbocycles. The van der Waals surface area contributed by atoms with Crippen LogP contribution in [-0.4, -0.2) is 15.0 Å². The third kappa shape index (κ3) is 3.75. The van der Waals surface area contributed by atoms with E-state index in [0.717, 1.165) is 15.7 Å². The van der Waals surface area contributed by atoms with Crippen molar-refractivity contribution in [3.05, 3.63) is 59.0 Å². The van der Waals surface area contributed by atoms with Crippen molar-refractivity contribution in [1.29, 1.82) is 0 Å². The summed E-state index contributed by atoms with van der Waals surface area (Å²) in [5, 5.41) is 6.30. The number of nitrogens with zero attached hydrogens (tertiary/aromatic N) is 3. The van der Waals surface area contributed by atoms with Crippen molar-refractivity contribution in [3.8, 4) is 0 Å². The summed E-state index contributed by atoms with van der Waals surface area (Å²) < 4.78 is 0.970. The molecule has 0 unspecified atom stereocenters. The summed E-state index contributed by atoms with van der Waals surface area (Å²) in [6, 6.07) is 11.6. The number of pyridine rings is 1. The largest absolute Gasteiger partial charge is 0.393 e. The molecule has 0 radical (unpaired) electrons. The van der Waals surface area contributed by atoms with Crippen LogP contribution in [0.2, 0.25) is 0 Å². The van der Waals surface area contributed by atoms with Crippen LogP contribution in [0.15, 0.2) is 53.4 Å². The van der Waals surface area contributed by atoms with Crippen LogP contribution in [0.25, 0.3) is 0 Å². The maximum Gasteiger partial charge on any atom is 0.160 e. The van der Waals surface area contributed by atoms with Crippen LogP contribution in [0.5, 0.6) is 0 Å².